The van der Waals surface area contributed by atoms with Gasteiger partial charge in [-0.3, -0.25) is 14.4 Å². The fraction of sp³-hybridized carbons (Fsp3) is 0.848. The SMILES string of the molecule is CCCCCCCC/C=C\CCCCCCCC(=O)OCC(COC(=O)CCCCCCC/C=C\CCCCCCCC)NC(=O)SCCN1CCCC1. The highest BCUT2D eigenvalue weighted by atomic mass is 32.2. The molecule has 314 valence electrons. The van der Waals surface area contributed by atoms with Crippen molar-refractivity contribution >= 4 is 28.9 Å². The Kier molecular flexibility index (Phi) is 36.7. The molecular weight excluding hydrogens is 693 g/mol. The maximum Gasteiger partial charge on any atom is 0.305 e. The highest BCUT2D eigenvalue weighted by Gasteiger charge is 2.19. The molecule has 0 spiro atoms. The van der Waals surface area contributed by atoms with Crippen LogP contribution in [0.4, 0.5) is 4.79 Å². The van der Waals surface area contributed by atoms with Crippen LogP contribution in [0.2, 0.25) is 0 Å². The first-order chi connectivity index (χ1) is 26.5. The van der Waals surface area contributed by atoms with E-state index >= 15 is 0 Å². The van der Waals surface area contributed by atoms with E-state index in [-0.39, 0.29) is 30.4 Å². The van der Waals surface area contributed by atoms with Gasteiger partial charge in [0.1, 0.15) is 13.2 Å². The van der Waals surface area contributed by atoms with Crippen LogP contribution in [0.15, 0.2) is 24.3 Å². The summed E-state index contributed by atoms with van der Waals surface area (Å²) in [5, 5.41) is 2.77. The summed E-state index contributed by atoms with van der Waals surface area (Å²) in [6.07, 6.45) is 44.1. The van der Waals surface area contributed by atoms with E-state index in [0.717, 1.165) is 71.0 Å². The minimum atomic E-state index is -0.548. The third kappa shape index (κ3) is 34.7. The summed E-state index contributed by atoms with van der Waals surface area (Å²) in [5.74, 6) is 0.199. The molecule has 1 N–H and O–H groups in total. The van der Waals surface area contributed by atoms with Crippen molar-refractivity contribution < 1.29 is 23.9 Å². The van der Waals surface area contributed by atoms with Crippen LogP contribution in [0.1, 0.15) is 206 Å². The Balaban J connectivity index is 2.21. The molecular formula is C46H84N2O5S. The molecule has 0 aliphatic carbocycles. The first-order valence-electron chi connectivity index (χ1n) is 22.8. The third-order valence-electron chi connectivity index (χ3n) is 10.3. The van der Waals surface area contributed by atoms with Gasteiger partial charge >= 0.3 is 11.9 Å². The lowest BCUT2D eigenvalue weighted by atomic mass is 10.1. The number of hydrogen-bond donors (Lipinski definition) is 1. The van der Waals surface area contributed by atoms with Gasteiger partial charge in [-0.15, -0.1) is 0 Å². The van der Waals surface area contributed by atoms with Crippen LogP contribution in [0, 0.1) is 0 Å². The summed E-state index contributed by atoms with van der Waals surface area (Å²) in [6, 6.07) is -0.548. The second kappa shape index (κ2) is 39.4. The number of ether oxygens (including phenoxy) is 2. The third-order valence-corrected chi connectivity index (χ3v) is 11.1. The number of carbonyl (C=O) groups is 3. The van der Waals surface area contributed by atoms with Crippen molar-refractivity contribution in [2.75, 3.05) is 38.6 Å². The van der Waals surface area contributed by atoms with Crippen molar-refractivity contribution in [3.8, 4) is 0 Å². The number of hydrogen-bond acceptors (Lipinski definition) is 7. The van der Waals surface area contributed by atoms with Crippen molar-refractivity contribution in [3.63, 3.8) is 0 Å². The lowest BCUT2D eigenvalue weighted by molar-refractivity contribution is -0.147. The molecule has 54 heavy (non-hydrogen) atoms. The van der Waals surface area contributed by atoms with E-state index in [2.05, 4.69) is 48.4 Å². The predicted molar refractivity (Wildman–Crippen MR) is 231 cm³/mol. The predicted octanol–water partition coefficient (Wildman–Crippen LogP) is 13.1. The summed E-state index contributed by atoms with van der Waals surface area (Å²) in [7, 11) is 0. The normalized spacial score (nSPS) is 13.5. The van der Waals surface area contributed by atoms with Gasteiger partial charge in [0, 0.05) is 25.1 Å². The smallest absolute Gasteiger partial charge is 0.305 e. The van der Waals surface area contributed by atoms with Gasteiger partial charge in [-0.05, 0) is 90.1 Å². The Morgan fingerprint density at radius 2 is 0.926 bits per heavy atom. The van der Waals surface area contributed by atoms with Crippen molar-refractivity contribution in [3.05, 3.63) is 24.3 Å². The molecule has 0 aromatic heterocycles. The molecule has 0 bridgehead atoms. The lowest BCUT2D eigenvalue weighted by Gasteiger charge is -2.19. The quantitative estimate of drug-likeness (QED) is 0.0380. The van der Waals surface area contributed by atoms with E-state index in [1.165, 1.54) is 140 Å². The highest BCUT2D eigenvalue weighted by Crippen LogP contribution is 2.14. The number of allylic oxidation sites excluding steroid dienone is 4. The molecule has 1 saturated heterocycles. The van der Waals surface area contributed by atoms with Gasteiger partial charge < -0.3 is 19.7 Å². The molecule has 1 aliphatic rings. The molecule has 1 rings (SSSR count). The number of thioether (sulfide) groups is 1. The fourth-order valence-electron chi connectivity index (χ4n) is 6.83. The van der Waals surface area contributed by atoms with Crippen LogP contribution in [0.25, 0.3) is 0 Å². The van der Waals surface area contributed by atoms with Crippen LogP contribution >= 0.6 is 11.8 Å². The van der Waals surface area contributed by atoms with Crippen LogP contribution in [-0.4, -0.2) is 66.7 Å². The number of amides is 1. The van der Waals surface area contributed by atoms with E-state index in [1.54, 1.807) is 0 Å². The molecule has 0 atom stereocenters. The van der Waals surface area contributed by atoms with Gasteiger partial charge in [0.25, 0.3) is 5.24 Å². The number of rotatable bonds is 38. The molecule has 0 aromatic carbocycles. The van der Waals surface area contributed by atoms with Gasteiger partial charge in [0.05, 0.1) is 6.04 Å². The number of likely N-dealkylation sites (tertiary alicyclic amines) is 1. The lowest BCUT2D eigenvalue weighted by Crippen LogP contribution is -2.41. The largest absolute Gasteiger partial charge is 0.463 e. The molecule has 0 aromatic rings. The van der Waals surface area contributed by atoms with Crippen LogP contribution in [0.5, 0.6) is 0 Å². The zero-order valence-corrected chi connectivity index (χ0v) is 36.1. The molecule has 0 unspecified atom stereocenters. The fourth-order valence-corrected chi connectivity index (χ4v) is 7.61. The summed E-state index contributed by atoms with van der Waals surface area (Å²) < 4.78 is 11.1. The maximum absolute atomic E-state index is 12.7. The zero-order valence-electron chi connectivity index (χ0n) is 35.2. The summed E-state index contributed by atoms with van der Waals surface area (Å²) in [4.78, 5) is 40.2. The van der Waals surface area contributed by atoms with E-state index in [4.69, 9.17) is 9.47 Å². The second-order valence-electron chi connectivity index (χ2n) is 15.6. The summed E-state index contributed by atoms with van der Waals surface area (Å²) in [5.41, 5.74) is 0. The van der Waals surface area contributed by atoms with Crippen molar-refractivity contribution in [2.45, 2.75) is 213 Å². The van der Waals surface area contributed by atoms with Gasteiger partial charge in [0.15, 0.2) is 0 Å². The van der Waals surface area contributed by atoms with Crippen molar-refractivity contribution in [1.29, 1.82) is 0 Å². The first kappa shape index (κ1) is 50.2. The molecule has 7 nitrogen and oxygen atoms in total. The number of esters is 2. The number of carbonyl (C=O) groups excluding carboxylic acids is 3. The van der Waals surface area contributed by atoms with Gasteiger partial charge in [-0.1, -0.05) is 153 Å². The Morgan fingerprint density at radius 1 is 0.556 bits per heavy atom. The van der Waals surface area contributed by atoms with Crippen LogP contribution in [-0.2, 0) is 19.1 Å². The van der Waals surface area contributed by atoms with Gasteiger partial charge in [0.2, 0.25) is 0 Å². The Labute approximate surface area is 337 Å². The van der Waals surface area contributed by atoms with E-state index < -0.39 is 6.04 Å². The van der Waals surface area contributed by atoms with Crippen LogP contribution < -0.4 is 5.32 Å². The van der Waals surface area contributed by atoms with Crippen molar-refractivity contribution in [1.82, 2.24) is 10.2 Å². The molecule has 1 amide bonds. The summed E-state index contributed by atoms with van der Waals surface area (Å²) >= 11 is 1.24. The zero-order chi connectivity index (χ0) is 39.0. The Hall–Kier alpha value is -1.80. The van der Waals surface area contributed by atoms with Crippen molar-refractivity contribution in [2.24, 2.45) is 0 Å². The second-order valence-corrected chi connectivity index (χ2v) is 16.6. The monoisotopic (exact) mass is 777 g/mol. The standard InChI is InChI=1S/C46H84N2O5S/c1-3-5-7-9-11-13-15-17-19-21-23-25-27-29-31-35-44(49)52-41-43(47-46(51)54-40-39-48-37-33-34-38-48)42-53-45(50)36-32-30-28-26-24-22-20-18-16-14-12-10-8-6-4-2/h17-20,43H,3-16,21-42H2,1-2H3,(H,47,51)/b19-17-,20-18-. The van der Waals surface area contributed by atoms with Crippen LogP contribution in [0.3, 0.4) is 0 Å². The van der Waals surface area contributed by atoms with Gasteiger partial charge in [-0.2, -0.15) is 0 Å². The average molecular weight is 777 g/mol. The minimum Gasteiger partial charge on any atom is -0.463 e. The Morgan fingerprint density at radius 3 is 1.33 bits per heavy atom. The topological polar surface area (TPSA) is 84.9 Å². The number of unbranched alkanes of at least 4 members (excludes halogenated alkanes) is 22. The molecule has 0 radical (unpaired) electrons. The molecule has 8 heteroatoms. The number of nitrogens with one attached hydrogen (secondary N) is 1. The maximum atomic E-state index is 12.7. The molecule has 0 saturated carbocycles. The molecule has 1 heterocycles. The minimum absolute atomic E-state index is 0.0169. The highest BCUT2D eigenvalue weighted by molar-refractivity contribution is 8.13. The number of nitrogens with zero attached hydrogens (tertiary/aromatic N) is 1. The van der Waals surface area contributed by atoms with Gasteiger partial charge in [-0.25, -0.2) is 0 Å². The first-order valence-corrected chi connectivity index (χ1v) is 23.8. The van der Waals surface area contributed by atoms with E-state index in [9.17, 15) is 14.4 Å². The Bertz CT molecular complexity index is 880. The molecule has 1 fully saturated rings. The summed E-state index contributed by atoms with van der Waals surface area (Å²) in [6.45, 7) is 7.65. The molecule has 1 aliphatic heterocycles. The average Bonchev–Trinajstić information content (AvgIpc) is 3.69. The van der Waals surface area contributed by atoms with E-state index in [1.807, 2.05) is 0 Å². The van der Waals surface area contributed by atoms with E-state index in [0.29, 0.717) is 18.6 Å².